The molecule has 1 aromatic carbocycles. The van der Waals surface area contributed by atoms with Crippen molar-refractivity contribution in [3.8, 4) is 0 Å². The van der Waals surface area contributed by atoms with Crippen LogP contribution in [0.15, 0.2) is 29.6 Å². The minimum atomic E-state index is 0.526. The third kappa shape index (κ3) is 2.13. The molecular weight excluding hydrogens is 214 g/mol. The highest BCUT2D eigenvalue weighted by molar-refractivity contribution is 7.17. The van der Waals surface area contributed by atoms with Crippen molar-refractivity contribution >= 4 is 21.4 Å². The van der Waals surface area contributed by atoms with Gasteiger partial charge in [-0.05, 0) is 41.8 Å². The van der Waals surface area contributed by atoms with Gasteiger partial charge in [0.15, 0.2) is 0 Å². The quantitative estimate of drug-likeness (QED) is 0.841. The van der Waals surface area contributed by atoms with E-state index < -0.39 is 0 Å². The van der Waals surface area contributed by atoms with Gasteiger partial charge in [0.05, 0.1) is 0 Å². The zero-order chi connectivity index (χ0) is 11.5. The SMILES string of the molecule is CCNC(C)C(C)c1cccc2ccsc12. The number of nitrogens with one attached hydrogen (secondary N) is 1. The molecule has 16 heavy (non-hydrogen) atoms. The standard InChI is InChI=1S/C14H19NS/c1-4-15-11(3)10(2)13-7-5-6-12-8-9-16-14(12)13/h5-11,15H,4H2,1-3H3. The van der Waals surface area contributed by atoms with Crippen LogP contribution in [0.5, 0.6) is 0 Å². The Bertz CT molecular complexity index is 460. The van der Waals surface area contributed by atoms with Crippen molar-refractivity contribution in [3.63, 3.8) is 0 Å². The second-order valence-corrected chi connectivity index (χ2v) is 5.24. The molecular formula is C14H19NS. The lowest BCUT2D eigenvalue weighted by atomic mass is 9.93. The first kappa shape index (κ1) is 11.6. The number of hydrogen-bond acceptors (Lipinski definition) is 2. The number of likely N-dealkylation sites (N-methyl/N-ethyl adjacent to an activating group) is 1. The molecule has 0 bridgehead atoms. The van der Waals surface area contributed by atoms with Gasteiger partial charge in [-0.1, -0.05) is 32.0 Å². The summed E-state index contributed by atoms with van der Waals surface area (Å²) in [6.07, 6.45) is 0. The molecule has 2 aromatic rings. The summed E-state index contributed by atoms with van der Waals surface area (Å²) in [6, 6.07) is 9.35. The lowest BCUT2D eigenvalue weighted by molar-refractivity contribution is 0.497. The highest BCUT2D eigenvalue weighted by atomic mass is 32.1. The molecule has 0 spiro atoms. The zero-order valence-electron chi connectivity index (χ0n) is 10.2. The van der Waals surface area contributed by atoms with Crippen LogP contribution >= 0.6 is 11.3 Å². The Morgan fingerprint density at radius 3 is 2.81 bits per heavy atom. The molecule has 0 saturated carbocycles. The number of rotatable bonds is 4. The van der Waals surface area contributed by atoms with Crippen LogP contribution in [0.4, 0.5) is 0 Å². The fraction of sp³-hybridized carbons (Fsp3) is 0.429. The van der Waals surface area contributed by atoms with Crippen LogP contribution in [-0.4, -0.2) is 12.6 Å². The fourth-order valence-corrected chi connectivity index (χ4v) is 3.16. The van der Waals surface area contributed by atoms with Crippen LogP contribution < -0.4 is 5.32 Å². The number of hydrogen-bond donors (Lipinski definition) is 1. The highest BCUT2D eigenvalue weighted by Crippen LogP contribution is 2.31. The summed E-state index contributed by atoms with van der Waals surface area (Å²) in [5, 5.41) is 7.06. The van der Waals surface area contributed by atoms with Crippen LogP contribution in [0.2, 0.25) is 0 Å². The Hall–Kier alpha value is -0.860. The van der Waals surface area contributed by atoms with Crippen molar-refractivity contribution in [2.45, 2.75) is 32.7 Å². The first-order valence-corrected chi connectivity index (χ1v) is 6.81. The van der Waals surface area contributed by atoms with Crippen LogP contribution in [0.1, 0.15) is 32.3 Å². The van der Waals surface area contributed by atoms with E-state index in [0.717, 1.165) is 6.54 Å². The second kappa shape index (κ2) is 4.98. The Balaban J connectivity index is 2.35. The molecule has 0 radical (unpaired) electrons. The number of benzene rings is 1. The van der Waals surface area contributed by atoms with E-state index in [4.69, 9.17) is 0 Å². The molecule has 2 atom stereocenters. The van der Waals surface area contributed by atoms with E-state index in [1.165, 1.54) is 15.6 Å². The normalized spacial score (nSPS) is 15.2. The van der Waals surface area contributed by atoms with E-state index in [2.05, 4.69) is 55.7 Å². The summed E-state index contributed by atoms with van der Waals surface area (Å²) < 4.78 is 1.44. The molecule has 86 valence electrons. The average molecular weight is 233 g/mol. The molecule has 2 rings (SSSR count). The van der Waals surface area contributed by atoms with Gasteiger partial charge in [0.1, 0.15) is 0 Å². The summed E-state index contributed by atoms with van der Waals surface area (Å²) in [6.45, 7) is 7.77. The van der Waals surface area contributed by atoms with E-state index >= 15 is 0 Å². The Morgan fingerprint density at radius 2 is 2.06 bits per heavy atom. The predicted molar refractivity (Wildman–Crippen MR) is 73.4 cm³/mol. The number of thiophene rings is 1. The third-order valence-electron chi connectivity index (χ3n) is 3.28. The van der Waals surface area contributed by atoms with E-state index in [-0.39, 0.29) is 0 Å². The lowest BCUT2D eigenvalue weighted by Gasteiger charge is -2.21. The lowest BCUT2D eigenvalue weighted by Crippen LogP contribution is -2.30. The van der Waals surface area contributed by atoms with Crippen molar-refractivity contribution in [1.29, 1.82) is 0 Å². The first-order valence-electron chi connectivity index (χ1n) is 5.93. The summed E-state index contributed by atoms with van der Waals surface area (Å²) in [5.74, 6) is 0.558. The molecule has 0 fully saturated rings. The monoisotopic (exact) mass is 233 g/mol. The fourth-order valence-electron chi connectivity index (χ4n) is 2.14. The summed E-state index contributed by atoms with van der Waals surface area (Å²) >= 11 is 1.85. The van der Waals surface area contributed by atoms with Crippen molar-refractivity contribution < 1.29 is 0 Å². The minimum Gasteiger partial charge on any atom is -0.314 e. The molecule has 1 nitrogen and oxygen atoms in total. The van der Waals surface area contributed by atoms with Gasteiger partial charge in [-0.25, -0.2) is 0 Å². The van der Waals surface area contributed by atoms with Gasteiger partial charge >= 0.3 is 0 Å². The minimum absolute atomic E-state index is 0.526. The Labute approximate surface area is 101 Å². The summed E-state index contributed by atoms with van der Waals surface area (Å²) in [4.78, 5) is 0. The van der Waals surface area contributed by atoms with Crippen molar-refractivity contribution in [2.24, 2.45) is 0 Å². The molecule has 1 N–H and O–H groups in total. The Kier molecular flexibility index (Phi) is 3.62. The van der Waals surface area contributed by atoms with E-state index in [9.17, 15) is 0 Å². The van der Waals surface area contributed by atoms with Crippen molar-refractivity contribution in [3.05, 3.63) is 35.2 Å². The average Bonchev–Trinajstić information content (AvgIpc) is 2.76. The Morgan fingerprint density at radius 1 is 1.25 bits per heavy atom. The molecule has 2 unspecified atom stereocenters. The van der Waals surface area contributed by atoms with Crippen LogP contribution in [0.25, 0.3) is 10.1 Å². The summed E-state index contributed by atoms with van der Waals surface area (Å²) in [5.41, 5.74) is 1.47. The van der Waals surface area contributed by atoms with Gasteiger partial charge in [0.25, 0.3) is 0 Å². The van der Waals surface area contributed by atoms with Gasteiger partial charge in [-0.2, -0.15) is 0 Å². The van der Waals surface area contributed by atoms with Crippen LogP contribution in [0.3, 0.4) is 0 Å². The zero-order valence-corrected chi connectivity index (χ0v) is 11.0. The van der Waals surface area contributed by atoms with Crippen LogP contribution in [0, 0.1) is 0 Å². The van der Waals surface area contributed by atoms with Gasteiger partial charge in [-0.15, -0.1) is 11.3 Å². The molecule has 0 saturated heterocycles. The molecule has 1 heterocycles. The summed E-state index contributed by atoms with van der Waals surface area (Å²) in [7, 11) is 0. The van der Waals surface area contributed by atoms with E-state index in [1.807, 2.05) is 11.3 Å². The van der Waals surface area contributed by atoms with E-state index in [0.29, 0.717) is 12.0 Å². The van der Waals surface area contributed by atoms with E-state index in [1.54, 1.807) is 0 Å². The molecule has 0 aliphatic heterocycles. The third-order valence-corrected chi connectivity index (χ3v) is 4.26. The molecule has 0 aliphatic carbocycles. The van der Waals surface area contributed by atoms with Crippen molar-refractivity contribution in [1.82, 2.24) is 5.32 Å². The van der Waals surface area contributed by atoms with Gasteiger partial charge in [-0.3, -0.25) is 0 Å². The molecule has 0 aliphatic rings. The maximum Gasteiger partial charge on any atom is 0.0378 e. The van der Waals surface area contributed by atoms with Gasteiger partial charge in [0.2, 0.25) is 0 Å². The first-order chi connectivity index (χ1) is 7.74. The maximum atomic E-state index is 3.51. The van der Waals surface area contributed by atoms with Gasteiger partial charge in [0, 0.05) is 10.7 Å². The second-order valence-electron chi connectivity index (χ2n) is 4.32. The number of fused-ring (bicyclic) bond motifs is 1. The molecule has 2 heteroatoms. The van der Waals surface area contributed by atoms with Crippen molar-refractivity contribution in [2.75, 3.05) is 6.54 Å². The molecule has 0 amide bonds. The van der Waals surface area contributed by atoms with Gasteiger partial charge < -0.3 is 5.32 Å². The predicted octanol–water partition coefficient (Wildman–Crippen LogP) is 4.00. The maximum absolute atomic E-state index is 3.51. The topological polar surface area (TPSA) is 12.0 Å². The molecule has 1 aromatic heterocycles. The highest BCUT2D eigenvalue weighted by Gasteiger charge is 2.15. The largest absolute Gasteiger partial charge is 0.314 e. The smallest absolute Gasteiger partial charge is 0.0378 e. The van der Waals surface area contributed by atoms with Crippen LogP contribution in [-0.2, 0) is 0 Å².